The van der Waals surface area contributed by atoms with Crippen molar-refractivity contribution in [3.8, 4) is 0 Å². The molecular formula is C25H27F4N7O2S. The number of nitrogens with one attached hydrogen (secondary N) is 2. The quantitative estimate of drug-likeness (QED) is 0.373. The zero-order valence-corrected chi connectivity index (χ0v) is 22.0. The summed E-state index contributed by atoms with van der Waals surface area (Å²) < 4.78 is 53.8. The van der Waals surface area contributed by atoms with Crippen LogP contribution in [0.25, 0.3) is 0 Å². The summed E-state index contributed by atoms with van der Waals surface area (Å²) >= 11 is 0.383. The average molecular weight is 566 g/mol. The van der Waals surface area contributed by atoms with E-state index < -0.39 is 23.0 Å². The molecule has 1 aliphatic heterocycles. The second-order valence-electron chi connectivity index (χ2n) is 9.93. The SMILES string of the molecule is CCc1cc(NC(=O)c2c(C3CC4CN(C(=O)Nc5ncc(C(F)(F)F)s5)CC4C3)nn(C)c2N)ccc1F. The van der Waals surface area contributed by atoms with Crippen molar-refractivity contribution >= 4 is 39.9 Å². The van der Waals surface area contributed by atoms with E-state index in [1.165, 1.54) is 16.8 Å². The number of nitrogens with two attached hydrogens (primary N) is 1. The Bertz CT molecular complexity index is 1410. The Morgan fingerprint density at radius 1 is 1.18 bits per heavy atom. The zero-order valence-electron chi connectivity index (χ0n) is 21.2. The minimum atomic E-state index is -4.51. The summed E-state index contributed by atoms with van der Waals surface area (Å²) in [6.07, 6.45) is -1.97. The minimum Gasteiger partial charge on any atom is -0.383 e. The van der Waals surface area contributed by atoms with Crippen LogP contribution in [0.1, 0.15) is 52.2 Å². The van der Waals surface area contributed by atoms with Gasteiger partial charge in [-0.05, 0) is 54.9 Å². The number of hydrogen-bond donors (Lipinski definition) is 3. The van der Waals surface area contributed by atoms with Crippen LogP contribution in [0.5, 0.6) is 0 Å². The van der Waals surface area contributed by atoms with Gasteiger partial charge in [0.1, 0.15) is 22.1 Å². The number of aromatic nitrogens is 3. The van der Waals surface area contributed by atoms with Gasteiger partial charge < -0.3 is 16.0 Å². The second-order valence-corrected chi connectivity index (χ2v) is 11.0. The van der Waals surface area contributed by atoms with Crippen molar-refractivity contribution in [2.24, 2.45) is 18.9 Å². The number of fused-ring (bicyclic) bond motifs is 1. The number of rotatable bonds is 5. The highest BCUT2D eigenvalue weighted by atomic mass is 32.1. The molecule has 1 saturated heterocycles. The summed E-state index contributed by atoms with van der Waals surface area (Å²) in [5.41, 5.74) is 8.04. The molecule has 0 spiro atoms. The lowest BCUT2D eigenvalue weighted by molar-refractivity contribution is -0.134. The van der Waals surface area contributed by atoms with Crippen LogP contribution in [0.3, 0.4) is 0 Å². The highest BCUT2D eigenvalue weighted by molar-refractivity contribution is 7.15. The lowest BCUT2D eigenvalue weighted by Crippen LogP contribution is -2.33. The molecule has 1 aliphatic carbocycles. The van der Waals surface area contributed by atoms with E-state index in [9.17, 15) is 27.2 Å². The van der Waals surface area contributed by atoms with E-state index in [1.54, 1.807) is 18.0 Å². The molecule has 3 heterocycles. The van der Waals surface area contributed by atoms with Gasteiger partial charge in [-0.1, -0.05) is 18.3 Å². The largest absolute Gasteiger partial charge is 0.427 e. The Hall–Kier alpha value is -3.68. The van der Waals surface area contributed by atoms with Crippen molar-refractivity contribution in [3.05, 3.63) is 51.9 Å². The van der Waals surface area contributed by atoms with Gasteiger partial charge in [0.15, 0.2) is 5.13 Å². The van der Waals surface area contributed by atoms with Crippen molar-refractivity contribution in [1.82, 2.24) is 19.7 Å². The van der Waals surface area contributed by atoms with Crippen molar-refractivity contribution in [1.29, 1.82) is 0 Å². The Kier molecular flexibility index (Phi) is 6.99. The number of amides is 3. The summed E-state index contributed by atoms with van der Waals surface area (Å²) in [4.78, 5) is 30.3. The highest BCUT2D eigenvalue weighted by Crippen LogP contribution is 2.47. The number of thiazole rings is 1. The molecule has 9 nitrogen and oxygen atoms in total. The Morgan fingerprint density at radius 2 is 1.87 bits per heavy atom. The fourth-order valence-corrected chi connectivity index (χ4v) is 6.19. The first-order chi connectivity index (χ1) is 18.4. The van der Waals surface area contributed by atoms with Crippen LogP contribution in [0.15, 0.2) is 24.4 Å². The van der Waals surface area contributed by atoms with E-state index in [1.807, 2.05) is 6.92 Å². The van der Waals surface area contributed by atoms with Gasteiger partial charge in [0.25, 0.3) is 5.91 Å². The number of nitrogens with zero attached hydrogens (tertiary/aromatic N) is 4. The summed E-state index contributed by atoms with van der Waals surface area (Å²) in [7, 11) is 1.66. The maximum absolute atomic E-state index is 13.9. The number of alkyl halides is 3. The summed E-state index contributed by atoms with van der Waals surface area (Å²) in [5, 5.41) is 9.71. The van der Waals surface area contributed by atoms with Crippen LogP contribution in [0, 0.1) is 17.7 Å². The number of nitrogen functional groups attached to an aromatic ring is 1. The molecule has 4 N–H and O–H groups in total. The molecule has 208 valence electrons. The predicted molar refractivity (Wildman–Crippen MR) is 138 cm³/mol. The van der Waals surface area contributed by atoms with E-state index in [0.29, 0.717) is 66.8 Å². The Labute approximate surface area is 225 Å². The van der Waals surface area contributed by atoms with E-state index in [4.69, 9.17) is 5.73 Å². The zero-order chi connectivity index (χ0) is 28.1. The van der Waals surface area contributed by atoms with Crippen molar-refractivity contribution < 1.29 is 27.2 Å². The number of likely N-dealkylation sites (tertiary alicyclic amines) is 1. The molecule has 1 saturated carbocycles. The van der Waals surface area contributed by atoms with Crippen molar-refractivity contribution in [2.45, 2.75) is 38.3 Å². The van der Waals surface area contributed by atoms with Crippen LogP contribution < -0.4 is 16.4 Å². The maximum Gasteiger partial charge on any atom is 0.427 e. The van der Waals surface area contributed by atoms with Crippen LogP contribution in [-0.4, -0.2) is 44.7 Å². The third-order valence-corrected chi connectivity index (χ3v) is 8.41. The molecule has 2 atom stereocenters. The molecule has 2 unspecified atom stereocenters. The van der Waals surface area contributed by atoms with Gasteiger partial charge in [-0.15, -0.1) is 0 Å². The first-order valence-electron chi connectivity index (χ1n) is 12.5. The summed E-state index contributed by atoms with van der Waals surface area (Å²) in [6.45, 7) is 2.69. The third kappa shape index (κ3) is 5.29. The Morgan fingerprint density at radius 3 is 2.49 bits per heavy atom. The normalized spacial score (nSPS) is 20.8. The number of carbonyl (C=O) groups is 2. The van der Waals surface area contributed by atoms with Crippen LogP contribution in [-0.2, 0) is 19.6 Å². The van der Waals surface area contributed by atoms with Crippen LogP contribution in [0.4, 0.5) is 39.0 Å². The molecule has 14 heteroatoms. The molecule has 3 aromatic rings. The smallest absolute Gasteiger partial charge is 0.383 e. The lowest BCUT2D eigenvalue weighted by atomic mass is 9.97. The third-order valence-electron chi connectivity index (χ3n) is 7.45. The molecule has 2 aromatic heterocycles. The van der Waals surface area contributed by atoms with Gasteiger partial charge in [-0.25, -0.2) is 14.2 Å². The number of aryl methyl sites for hydroxylation is 2. The predicted octanol–water partition coefficient (Wildman–Crippen LogP) is 5.09. The van der Waals surface area contributed by atoms with E-state index in [0.717, 1.165) is 0 Å². The fourth-order valence-electron chi connectivity index (χ4n) is 5.52. The summed E-state index contributed by atoms with van der Waals surface area (Å²) in [6, 6.07) is 3.91. The summed E-state index contributed by atoms with van der Waals surface area (Å²) in [5.74, 6) is -0.307. The van der Waals surface area contributed by atoms with Gasteiger partial charge in [-0.2, -0.15) is 18.3 Å². The molecule has 1 aromatic carbocycles. The van der Waals surface area contributed by atoms with Gasteiger partial charge >= 0.3 is 12.2 Å². The molecule has 5 rings (SSSR count). The van der Waals surface area contributed by atoms with Gasteiger partial charge in [-0.3, -0.25) is 14.8 Å². The van der Waals surface area contributed by atoms with Crippen molar-refractivity contribution in [3.63, 3.8) is 0 Å². The second kappa shape index (κ2) is 10.1. The van der Waals surface area contributed by atoms with Crippen molar-refractivity contribution in [2.75, 3.05) is 29.5 Å². The standard InChI is InChI=1S/C25H27F4N7O2S/c1-3-12-8-16(4-5-17(12)26)32-22(37)19-20(34-35(2)21(19)30)13-6-14-10-36(11-15(14)7-13)24(38)33-23-31-9-18(39-23)25(27,28)29/h4-5,8-9,13-15H,3,6-7,10-11,30H2,1-2H3,(H,32,37)(H,31,33,38). The van der Waals surface area contributed by atoms with Crippen LogP contribution >= 0.6 is 11.3 Å². The number of carbonyl (C=O) groups excluding carboxylic acids is 2. The minimum absolute atomic E-state index is 0.0535. The van der Waals surface area contributed by atoms with Gasteiger partial charge in [0.2, 0.25) is 0 Å². The molecule has 2 aliphatic rings. The van der Waals surface area contributed by atoms with Crippen LogP contribution in [0.2, 0.25) is 0 Å². The molecule has 0 radical (unpaired) electrons. The Balaban J connectivity index is 1.25. The first-order valence-corrected chi connectivity index (χ1v) is 13.3. The number of benzene rings is 1. The first kappa shape index (κ1) is 26.9. The maximum atomic E-state index is 13.9. The van der Waals surface area contributed by atoms with E-state index >= 15 is 0 Å². The van der Waals surface area contributed by atoms with E-state index in [2.05, 4.69) is 20.7 Å². The average Bonchev–Trinajstić information content (AvgIpc) is 3.63. The number of hydrogen-bond acceptors (Lipinski definition) is 6. The fraction of sp³-hybridized carbons (Fsp3) is 0.440. The van der Waals surface area contributed by atoms with Gasteiger partial charge in [0.05, 0.1) is 11.9 Å². The molecule has 3 amide bonds. The molecule has 2 fully saturated rings. The molecule has 39 heavy (non-hydrogen) atoms. The molecular weight excluding hydrogens is 538 g/mol. The van der Waals surface area contributed by atoms with E-state index in [-0.39, 0.29) is 40.1 Å². The monoisotopic (exact) mass is 565 g/mol. The number of anilines is 3. The van der Waals surface area contributed by atoms with Gasteiger partial charge in [0, 0.05) is 31.7 Å². The lowest BCUT2D eigenvalue weighted by Gasteiger charge is -2.19. The molecule has 0 bridgehead atoms. The highest BCUT2D eigenvalue weighted by Gasteiger charge is 2.45. The number of halogens is 4. The topological polar surface area (TPSA) is 118 Å². The number of urea groups is 1.